The van der Waals surface area contributed by atoms with Gasteiger partial charge in [-0.2, -0.15) is 0 Å². The Hall–Kier alpha value is -4.01. The molecule has 0 spiro atoms. The Morgan fingerprint density at radius 2 is 1.48 bits per heavy atom. The largest absolute Gasteiger partial charge is 0.454 e. The highest BCUT2D eigenvalue weighted by atomic mass is 16.5. The predicted molar refractivity (Wildman–Crippen MR) is 120 cm³/mol. The summed E-state index contributed by atoms with van der Waals surface area (Å²) in [5.74, 6) is -3.17. The van der Waals surface area contributed by atoms with Gasteiger partial charge >= 0.3 is 5.97 Å². The number of carbonyl (C=O) groups is 5. The molecule has 0 saturated heterocycles. The van der Waals surface area contributed by atoms with Crippen LogP contribution in [0.4, 0.5) is 5.69 Å². The standard InChI is InChI=1S/C24H25N3O6/c1-14(2)20(27-22(30)17-7-5-6-8-18(17)23(27)31)24(32)33-13-19(28)25-16-11-9-15(10-12-16)21(29)26(3)4/h5-12,14,20H,13H2,1-4H3,(H,25,28)/t20-/m0/s1. The van der Waals surface area contributed by atoms with Crippen LogP contribution in [0, 0.1) is 5.92 Å². The first-order valence-corrected chi connectivity index (χ1v) is 10.4. The maximum atomic E-state index is 12.8. The Balaban J connectivity index is 1.63. The Kier molecular flexibility index (Phi) is 6.91. The van der Waals surface area contributed by atoms with Crippen molar-refractivity contribution < 1.29 is 28.7 Å². The van der Waals surface area contributed by atoms with Crippen molar-refractivity contribution in [3.63, 3.8) is 0 Å². The van der Waals surface area contributed by atoms with E-state index in [9.17, 15) is 24.0 Å². The Morgan fingerprint density at radius 1 is 0.939 bits per heavy atom. The van der Waals surface area contributed by atoms with Crippen molar-refractivity contribution in [2.24, 2.45) is 5.92 Å². The number of nitrogens with one attached hydrogen (secondary N) is 1. The first-order valence-electron chi connectivity index (χ1n) is 10.4. The van der Waals surface area contributed by atoms with Crippen LogP contribution in [0.3, 0.4) is 0 Å². The van der Waals surface area contributed by atoms with Crippen LogP contribution in [0.1, 0.15) is 44.9 Å². The van der Waals surface area contributed by atoms with E-state index in [-0.39, 0.29) is 17.0 Å². The van der Waals surface area contributed by atoms with Gasteiger partial charge in [0.1, 0.15) is 6.04 Å². The number of amides is 4. The molecule has 33 heavy (non-hydrogen) atoms. The number of fused-ring (bicyclic) bond motifs is 1. The van der Waals surface area contributed by atoms with Crippen LogP contribution in [-0.2, 0) is 14.3 Å². The van der Waals surface area contributed by atoms with E-state index < -0.39 is 42.3 Å². The Morgan fingerprint density at radius 3 is 1.97 bits per heavy atom. The van der Waals surface area contributed by atoms with Gasteiger partial charge in [0, 0.05) is 25.3 Å². The minimum absolute atomic E-state index is 0.172. The molecule has 0 aromatic heterocycles. The van der Waals surface area contributed by atoms with Crippen LogP contribution in [-0.4, -0.2) is 66.1 Å². The molecule has 0 saturated carbocycles. The molecule has 0 fully saturated rings. The maximum Gasteiger partial charge on any atom is 0.330 e. The second kappa shape index (κ2) is 9.64. The van der Waals surface area contributed by atoms with Gasteiger partial charge in [-0.3, -0.25) is 24.1 Å². The number of nitrogens with zero attached hydrogens (tertiary/aromatic N) is 2. The summed E-state index contributed by atoms with van der Waals surface area (Å²) in [4.78, 5) is 64.8. The van der Waals surface area contributed by atoms with Gasteiger partial charge in [0.2, 0.25) is 0 Å². The zero-order chi connectivity index (χ0) is 24.3. The summed E-state index contributed by atoms with van der Waals surface area (Å²) in [6.45, 7) is 2.78. The average Bonchev–Trinajstić information content (AvgIpc) is 3.03. The second-order valence-electron chi connectivity index (χ2n) is 8.15. The Bertz CT molecular complexity index is 1070. The second-order valence-corrected chi connectivity index (χ2v) is 8.15. The fourth-order valence-electron chi connectivity index (χ4n) is 3.51. The van der Waals surface area contributed by atoms with Crippen LogP contribution in [0.15, 0.2) is 48.5 Å². The maximum absolute atomic E-state index is 12.8. The molecule has 9 nitrogen and oxygen atoms in total. The lowest BCUT2D eigenvalue weighted by Gasteiger charge is -2.27. The number of esters is 1. The highest BCUT2D eigenvalue weighted by Crippen LogP contribution is 2.27. The molecule has 2 aromatic carbocycles. The fourth-order valence-corrected chi connectivity index (χ4v) is 3.51. The number of ether oxygens (including phenoxy) is 1. The quantitative estimate of drug-likeness (QED) is 0.510. The molecule has 4 amide bonds. The van der Waals surface area contributed by atoms with Gasteiger partial charge < -0.3 is 15.0 Å². The first kappa shape index (κ1) is 23.6. The van der Waals surface area contributed by atoms with E-state index in [1.54, 1.807) is 64.3 Å². The zero-order valence-electron chi connectivity index (χ0n) is 18.8. The van der Waals surface area contributed by atoms with Gasteiger partial charge in [0.25, 0.3) is 23.6 Å². The SMILES string of the molecule is CC(C)[C@@H](C(=O)OCC(=O)Nc1ccc(C(=O)N(C)C)cc1)N1C(=O)c2ccccc2C1=O. The van der Waals surface area contributed by atoms with Crippen LogP contribution >= 0.6 is 0 Å². The molecule has 0 aliphatic carbocycles. The van der Waals surface area contributed by atoms with E-state index in [1.165, 1.54) is 17.0 Å². The fraction of sp³-hybridized carbons (Fsp3) is 0.292. The smallest absolute Gasteiger partial charge is 0.330 e. The molecule has 1 N–H and O–H groups in total. The molecule has 3 rings (SSSR count). The van der Waals surface area contributed by atoms with Crippen LogP contribution < -0.4 is 5.32 Å². The van der Waals surface area contributed by atoms with Gasteiger partial charge in [0.05, 0.1) is 11.1 Å². The number of anilines is 1. The number of rotatable bonds is 7. The number of hydrogen-bond acceptors (Lipinski definition) is 6. The van der Waals surface area contributed by atoms with E-state index in [0.717, 1.165) is 4.90 Å². The third kappa shape index (κ3) is 4.92. The molecule has 0 unspecified atom stereocenters. The molecule has 2 aromatic rings. The van der Waals surface area contributed by atoms with Crippen molar-refractivity contribution in [3.05, 3.63) is 65.2 Å². The van der Waals surface area contributed by atoms with Gasteiger partial charge in [-0.25, -0.2) is 4.79 Å². The summed E-state index contributed by atoms with van der Waals surface area (Å²) in [5.41, 5.74) is 1.35. The van der Waals surface area contributed by atoms with E-state index >= 15 is 0 Å². The molecule has 1 aliphatic rings. The predicted octanol–water partition coefficient (Wildman–Crippen LogP) is 2.19. The molecular weight excluding hydrogens is 426 g/mol. The lowest BCUT2D eigenvalue weighted by atomic mass is 10.0. The van der Waals surface area contributed by atoms with Crippen LogP contribution in [0.5, 0.6) is 0 Å². The minimum atomic E-state index is -1.17. The molecule has 1 atom stereocenters. The number of benzene rings is 2. The highest BCUT2D eigenvalue weighted by molar-refractivity contribution is 6.22. The summed E-state index contributed by atoms with van der Waals surface area (Å²) in [6.07, 6.45) is 0. The normalized spacial score (nSPS) is 13.5. The zero-order valence-corrected chi connectivity index (χ0v) is 18.8. The molecular formula is C24H25N3O6. The summed E-state index contributed by atoms with van der Waals surface area (Å²) < 4.78 is 5.14. The number of imide groups is 1. The summed E-state index contributed by atoms with van der Waals surface area (Å²) in [6, 6.07) is 11.4. The molecule has 9 heteroatoms. The number of hydrogen-bond donors (Lipinski definition) is 1. The molecule has 172 valence electrons. The van der Waals surface area contributed by atoms with Crippen molar-refractivity contribution in [1.82, 2.24) is 9.80 Å². The lowest BCUT2D eigenvalue weighted by molar-refractivity contribution is -0.152. The topological polar surface area (TPSA) is 113 Å². The van der Waals surface area contributed by atoms with Crippen molar-refractivity contribution in [1.29, 1.82) is 0 Å². The van der Waals surface area contributed by atoms with Crippen LogP contribution in [0.25, 0.3) is 0 Å². The number of carbonyl (C=O) groups excluding carboxylic acids is 5. The molecule has 1 heterocycles. The average molecular weight is 451 g/mol. The van der Waals surface area contributed by atoms with E-state index in [2.05, 4.69) is 5.32 Å². The van der Waals surface area contributed by atoms with E-state index in [1.807, 2.05) is 0 Å². The molecule has 0 bridgehead atoms. The summed E-state index contributed by atoms with van der Waals surface area (Å²) in [7, 11) is 3.28. The lowest BCUT2D eigenvalue weighted by Crippen LogP contribution is -2.49. The first-order chi connectivity index (χ1) is 15.6. The monoisotopic (exact) mass is 451 g/mol. The van der Waals surface area contributed by atoms with E-state index in [4.69, 9.17) is 4.74 Å². The van der Waals surface area contributed by atoms with Crippen molar-refractivity contribution in [2.45, 2.75) is 19.9 Å². The van der Waals surface area contributed by atoms with Gasteiger partial charge in [-0.1, -0.05) is 26.0 Å². The van der Waals surface area contributed by atoms with Gasteiger partial charge in [-0.15, -0.1) is 0 Å². The van der Waals surface area contributed by atoms with Gasteiger partial charge in [0.15, 0.2) is 6.61 Å². The van der Waals surface area contributed by atoms with Crippen molar-refractivity contribution in [2.75, 3.05) is 26.0 Å². The third-order valence-electron chi connectivity index (χ3n) is 5.14. The molecule has 0 radical (unpaired) electrons. The third-order valence-corrected chi connectivity index (χ3v) is 5.14. The van der Waals surface area contributed by atoms with Gasteiger partial charge in [-0.05, 0) is 42.3 Å². The minimum Gasteiger partial charge on any atom is -0.454 e. The van der Waals surface area contributed by atoms with Crippen molar-refractivity contribution in [3.8, 4) is 0 Å². The van der Waals surface area contributed by atoms with E-state index in [0.29, 0.717) is 11.3 Å². The van der Waals surface area contributed by atoms with Crippen LogP contribution in [0.2, 0.25) is 0 Å². The Labute approximate surface area is 191 Å². The molecule has 1 aliphatic heterocycles. The summed E-state index contributed by atoms with van der Waals surface area (Å²) in [5, 5.41) is 2.57. The van der Waals surface area contributed by atoms with Crippen molar-refractivity contribution >= 4 is 35.3 Å². The summed E-state index contributed by atoms with van der Waals surface area (Å²) >= 11 is 0. The highest BCUT2D eigenvalue weighted by Gasteiger charge is 2.44.